The second kappa shape index (κ2) is 17.9. The minimum Gasteiger partial charge on any atom is -0.445 e. The molecule has 12 N–H and O–H groups in total. The molecule has 0 bridgehead atoms. The fourth-order valence-electron chi connectivity index (χ4n) is 5.37. The lowest BCUT2D eigenvalue weighted by Crippen LogP contribution is -2.69. The third-order valence-corrected chi connectivity index (χ3v) is 7.94. The van der Waals surface area contributed by atoms with Crippen molar-refractivity contribution in [1.29, 1.82) is 0 Å². The van der Waals surface area contributed by atoms with E-state index in [0.29, 0.717) is 5.56 Å². The SMILES string of the molecule is NCCNC(=O)N[C@H]1C[C@@H](N)[C@H](O[C@H]2O[C@H](CNC(=O)OCc3ccccc3)[C@@H](O)[C@H](O)[C@H]2NC(=O)OCc2ccccc2)[C@@H](O)[C@@H]1O. The van der Waals surface area contributed by atoms with Crippen molar-refractivity contribution in [2.24, 2.45) is 11.5 Å². The van der Waals surface area contributed by atoms with Gasteiger partial charge in [0.15, 0.2) is 6.29 Å². The van der Waals surface area contributed by atoms with E-state index in [2.05, 4.69) is 21.3 Å². The molecule has 2 aliphatic rings. The predicted octanol–water partition coefficient (Wildman–Crippen LogP) is -1.88. The van der Waals surface area contributed by atoms with E-state index in [1.807, 2.05) is 6.07 Å². The number of benzene rings is 2. The Kier molecular flexibility index (Phi) is 13.7. The van der Waals surface area contributed by atoms with Gasteiger partial charge in [0.1, 0.15) is 55.9 Å². The Morgan fingerprint density at radius 2 is 1.40 bits per heavy atom. The average Bonchev–Trinajstić information content (AvgIpc) is 3.09. The summed E-state index contributed by atoms with van der Waals surface area (Å²) in [6, 6.07) is 13.7. The average molecular weight is 677 g/mol. The lowest BCUT2D eigenvalue weighted by Gasteiger charge is -2.47. The summed E-state index contributed by atoms with van der Waals surface area (Å²) in [4.78, 5) is 37.3. The van der Waals surface area contributed by atoms with Crippen molar-refractivity contribution >= 4 is 18.2 Å². The molecule has 1 aliphatic carbocycles. The van der Waals surface area contributed by atoms with Crippen LogP contribution in [0.2, 0.25) is 0 Å². The maximum atomic E-state index is 12.8. The van der Waals surface area contributed by atoms with Gasteiger partial charge in [0.25, 0.3) is 0 Å². The molecule has 2 aromatic rings. The van der Waals surface area contributed by atoms with Crippen molar-refractivity contribution in [2.75, 3.05) is 19.6 Å². The number of carbonyl (C=O) groups excluding carboxylic acids is 3. The van der Waals surface area contributed by atoms with E-state index in [1.54, 1.807) is 54.6 Å². The van der Waals surface area contributed by atoms with Gasteiger partial charge in [0, 0.05) is 25.7 Å². The van der Waals surface area contributed by atoms with Crippen LogP contribution < -0.4 is 32.7 Å². The van der Waals surface area contributed by atoms with Crippen molar-refractivity contribution in [2.45, 2.75) is 80.7 Å². The second-order valence-corrected chi connectivity index (χ2v) is 11.5. The van der Waals surface area contributed by atoms with Crippen molar-refractivity contribution in [3.63, 3.8) is 0 Å². The van der Waals surface area contributed by atoms with Gasteiger partial charge in [-0.15, -0.1) is 0 Å². The van der Waals surface area contributed by atoms with Gasteiger partial charge in [-0.2, -0.15) is 0 Å². The van der Waals surface area contributed by atoms with Gasteiger partial charge in [-0.25, -0.2) is 14.4 Å². The fraction of sp³-hybridized carbons (Fsp3) is 0.516. The summed E-state index contributed by atoms with van der Waals surface area (Å²) >= 11 is 0. The number of urea groups is 1. The summed E-state index contributed by atoms with van der Waals surface area (Å²) < 4.78 is 22.4. The lowest BCUT2D eigenvalue weighted by atomic mass is 9.84. The number of aliphatic hydroxyl groups is 4. The van der Waals surface area contributed by atoms with E-state index in [-0.39, 0.29) is 39.3 Å². The monoisotopic (exact) mass is 676 g/mol. The molecule has 2 fully saturated rings. The van der Waals surface area contributed by atoms with Crippen LogP contribution in [0.15, 0.2) is 60.7 Å². The number of hydrogen-bond acceptors (Lipinski definition) is 13. The number of aliphatic hydroxyl groups excluding tert-OH is 4. The highest BCUT2D eigenvalue weighted by Gasteiger charge is 2.50. The van der Waals surface area contributed by atoms with Crippen LogP contribution in [0.1, 0.15) is 17.5 Å². The van der Waals surface area contributed by atoms with E-state index in [9.17, 15) is 34.8 Å². The van der Waals surface area contributed by atoms with Crippen molar-refractivity contribution in [3.05, 3.63) is 71.8 Å². The molecule has 17 heteroatoms. The first kappa shape index (κ1) is 36.8. The highest BCUT2D eigenvalue weighted by molar-refractivity contribution is 5.74. The highest BCUT2D eigenvalue weighted by atomic mass is 16.7. The van der Waals surface area contributed by atoms with Crippen LogP contribution in [-0.4, -0.2) is 119 Å². The Morgan fingerprint density at radius 3 is 2.00 bits per heavy atom. The maximum Gasteiger partial charge on any atom is 0.407 e. The molecule has 0 unspecified atom stereocenters. The molecule has 4 amide bonds. The van der Waals surface area contributed by atoms with Crippen molar-refractivity contribution in [1.82, 2.24) is 21.3 Å². The molecule has 4 rings (SSSR count). The molecule has 0 spiro atoms. The summed E-state index contributed by atoms with van der Waals surface area (Å²) in [5, 5.41) is 53.8. The third kappa shape index (κ3) is 10.2. The molecule has 1 saturated carbocycles. The first-order chi connectivity index (χ1) is 23.1. The second-order valence-electron chi connectivity index (χ2n) is 11.5. The van der Waals surface area contributed by atoms with Gasteiger partial charge in [-0.05, 0) is 17.5 Å². The quantitative estimate of drug-likeness (QED) is 0.118. The number of carbonyl (C=O) groups is 3. The minimum atomic E-state index is -1.72. The molecule has 10 atom stereocenters. The van der Waals surface area contributed by atoms with Gasteiger partial charge >= 0.3 is 18.2 Å². The topological polar surface area (TPSA) is 269 Å². The first-order valence-corrected chi connectivity index (χ1v) is 15.5. The normalized spacial score (nSPS) is 30.0. The Bertz CT molecular complexity index is 1310. The van der Waals surface area contributed by atoms with Crippen LogP contribution in [0.5, 0.6) is 0 Å². The van der Waals surface area contributed by atoms with Crippen molar-refractivity contribution in [3.8, 4) is 0 Å². The number of nitrogens with one attached hydrogen (secondary N) is 4. The zero-order valence-corrected chi connectivity index (χ0v) is 26.1. The number of nitrogens with two attached hydrogens (primary N) is 2. The molecule has 1 aliphatic heterocycles. The Hall–Kier alpha value is -4.07. The summed E-state index contributed by atoms with van der Waals surface area (Å²) in [6.45, 7) is -0.0843. The largest absolute Gasteiger partial charge is 0.445 e. The van der Waals surface area contributed by atoms with Crippen LogP contribution in [0.4, 0.5) is 14.4 Å². The van der Waals surface area contributed by atoms with Crippen LogP contribution in [0.25, 0.3) is 0 Å². The molecular formula is C31H44N6O11. The van der Waals surface area contributed by atoms with Crippen LogP contribution >= 0.6 is 0 Å². The predicted molar refractivity (Wildman–Crippen MR) is 168 cm³/mol. The fourth-order valence-corrected chi connectivity index (χ4v) is 5.37. The number of hydrogen-bond donors (Lipinski definition) is 10. The molecule has 0 aromatic heterocycles. The van der Waals surface area contributed by atoms with Crippen LogP contribution in [0, 0.1) is 0 Å². The van der Waals surface area contributed by atoms with Gasteiger partial charge in [0.05, 0.1) is 6.04 Å². The number of amides is 4. The lowest BCUT2D eigenvalue weighted by molar-refractivity contribution is -0.292. The minimum absolute atomic E-state index is 0.0173. The van der Waals surface area contributed by atoms with E-state index in [0.717, 1.165) is 5.56 Å². The first-order valence-electron chi connectivity index (χ1n) is 15.5. The van der Waals surface area contributed by atoms with Gasteiger partial charge < -0.3 is 72.1 Å². The highest BCUT2D eigenvalue weighted by Crippen LogP contribution is 2.28. The Labute approximate surface area is 276 Å². The summed E-state index contributed by atoms with van der Waals surface area (Å²) in [6.07, 6.45) is -12.6. The molecule has 264 valence electrons. The Balaban J connectivity index is 1.43. The van der Waals surface area contributed by atoms with Crippen LogP contribution in [0.3, 0.4) is 0 Å². The zero-order valence-electron chi connectivity index (χ0n) is 26.1. The van der Waals surface area contributed by atoms with Crippen LogP contribution in [-0.2, 0) is 32.2 Å². The van der Waals surface area contributed by atoms with E-state index in [1.165, 1.54) is 0 Å². The molecule has 2 aromatic carbocycles. The van der Waals surface area contributed by atoms with E-state index >= 15 is 0 Å². The molecule has 1 heterocycles. The summed E-state index contributed by atoms with van der Waals surface area (Å²) in [7, 11) is 0. The number of alkyl carbamates (subject to hydrolysis) is 2. The molecule has 1 saturated heterocycles. The Morgan fingerprint density at radius 1 is 0.792 bits per heavy atom. The van der Waals surface area contributed by atoms with E-state index < -0.39 is 79.3 Å². The van der Waals surface area contributed by atoms with Gasteiger partial charge in [-0.1, -0.05) is 60.7 Å². The third-order valence-electron chi connectivity index (χ3n) is 7.94. The summed E-state index contributed by atoms with van der Waals surface area (Å²) in [5.41, 5.74) is 13.1. The molecular weight excluding hydrogens is 632 g/mol. The standard InChI is InChI=1S/C31H44N6O11/c32-11-12-34-29(42)36-20-13-19(33)27(26(41)23(20)38)48-28-22(37-31(44)46-16-18-9-5-2-6-10-18)25(40)24(39)21(47-28)14-35-30(43)45-15-17-7-3-1-4-8-17/h1-10,19-28,38-41H,11-16,32-33H2,(H,35,43)(H,37,44)(H2,34,36,42)/t19-,20+,21-,22-,23-,24-,25-,26+,27+,28-/m1/s1. The molecule has 48 heavy (non-hydrogen) atoms. The van der Waals surface area contributed by atoms with Crippen molar-refractivity contribution < 1.29 is 53.8 Å². The number of rotatable bonds is 12. The van der Waals surface area contributed by atoms with Gasteiger partial charge in [-0.3, -0.25) is 0 Å². The van der Waals surface area contributed by atoms with Gasteiger partial charge in [0.2, 0.25) is 0 Å². The summed E-state index contributed by atoms with van der Waals surface area (Å²) in [5.74, 6) is 0. The molecule has 0 radical (unpaired) electrons. The molecule has 17 nitrogen and oxygen atoms in total. The smallest absolute Gasteiger partial charge is 0.407 e. The zero-order chi connectivity index (χ0) is 34.6. The maximum absolute atomic E-state index is 12.8. The van der Waals surface area contributed by atoms with E-state index in [4.69, 9.17) is 30.4 Å². The number of ether oxygens (including phenoxy) is 4.